The number of rotatable bonds is 4. The van der Waals surface area contributed by atoms with Gasteiger partial charge in [-0.3, -0.25) is 19.0 Å². The van der Waals surface area contributed by atoms with Gasteiger partial charge in [-0.05, 0) is 37.1 Å². The molecule has 2 aromatic heterocycles. The molecule has 32 heavy (non-hydrogen) atoms. The SMILES string of the molecule is NC(=O)C1CCN(C(=O)CC2CSc3nc4c(cnn4-c4ccc(F)cc4)c(=O)n32)CC1. The van der Waals surface area contributed by atoms with Crippen LogP contribution in [0.15, 0.2) is 40.4 Å². The van der Waals surface area contributed by atoms with Gasteiger partial charge in [0.25, 0.3) is 5.56 Å². The number of nitrogens with two attached hydrogens (primary N) is 1. The number of thioether (sulfide) groups is 1. The van der Waals surface area contributed by atoms with E-state index < -0.39 is 0 Å². The molecule has 9 nitrogen and oxygen atoms in total. The van der Waals surface area contributed by atoms with Crippen molar-refractivity contribution in [3.8, 4) is 5.69 Å². The second-order valence-electron chi connectivity index (χ2n) is 8.07. The van der Waals surface area contributed by atoms with Gasteiger partial charge >= 0.3 is 0 Å². The van der Waals surface area contributed by atoms with Gasteiger partial charge in [0.1, 0.15) is 11.2 Å². The second-order valence-corrected chi connectivity index (χ2v) is 9.05. The molecular formula is C21H21FN6O3S. The van der Waals surface area contributed by atoms with E-state index in [2.05, 4.69) is 10.1 Å². The maximum atomic E-state index is 13.3. The summed E-state index contributed by atoms with van der Waals surface area (Å²) < 4.78 is 16.4. The summed E-state index contributed by atoms with van der Waals surface area (Å²) in [6, 6.07) is 5.50. The van der Waals surface area contributed by atoms with E-state index in [1.54, 1.807) is 21.6 Å². The number of carbonyl (C=O) groups is 2. The monoisotopic (exact) mass is 456 g/mol. The van der Waals surface area contributed by atoms with Crippen molar-refractivity contribution in [3.05, 3.63) is 46.6 Å². The number of hydrogen-bond acceptors (Lipinski definition) is 6. The fraction of sp³-hybridized carbons (Fsp3) is 0.381. The number of amides is 2. The third-order valence-electron chi connectivity index (χ3n) is 6.10. The highest BCUT2D eigenvalue weighted by molar-refractivity contribution is 7.99. The van der Waals surface area contributed by atoms with Crippen LogP contribution < -0.4 is 11.3 Å². The molecule has 2 N–H and O–H groups in total. The summed E-state index contributed by atoms with van der Waals surface area (Å²) in [4.78, 5) is 43.8. The average molecular weight is 457 g/mol. The van der Waals surface area contributed by atoms with Crippen LogP contribution in [0.1, 0.15) is 25.3 Å². The first kappa shape index (κ1) is 20.7. The van der Waals surface area contributed by atoms with E-state index in [9.17, 15) is 18.8 Å². The van der Waals surface area contributed by atoms with Crippen LogP contribution >= 0.6 is 11.8 Å². The first-order chi connectivity index (χ1) is 15.4. The van der Waals surface area contributed by atoms with Crippen molar-refractivity contribution >= 4 is 34.6 Å². The van der Waals surface area contributed by atoms with Crippen LogP contribution in [-0.2, 0) is 9.59 Å². The molecule has 0 spiro atoms. The molecule has 0 saturated carbocycles. The predicted octanol–water partition coefficient (Wildman–Crippen LogP) is 1.48. The maximum Gasteiger partial charge on any atom is 0.265 e. The van der Waals surface area contributed by atoms with Gasteiger partial charge in [0.2, 0.25) is 11.8 Å². The van der Waals surface area contributed by atoms with Crippen LogP contribution in [0.5, 0.6) is 0 Å². The molecule has 0 radical (unpaired) electrons. The minimum atomic E-state index is -0.360. The van der Waals surface area contributed by atoms with E-state index in [1.807, 2.05) is 0 Å². The molecule has 1 unspecified atom stereocenters. The van der Waals surface area contributed by atoms with Gasteiger partial charge in [-0.25, -0.2) is 14.1 Å². The van der Waals surface area contributed by atoms with E-state index in [0.29, 0.717) is 53.6 Å². The number of carbonyl (C=O) groups excluding carboxylic acids is 2. The predicted molar refractivity (Wildman–Crippen MR) is 116 cm³/mol. The van der Waals surface area contributed by atoms with Gasteiger partial charge in [-0.2, -0.15) is 5.10 Å². The van der Waals surface area contributed by atoms with Crippen LogP contribution in [0.3, 0.4) is 0 Å². The fourth-order valence-electron chi connectivity index (χ4n) is 4.30. The Morgan fingerprint density at radius 2 is 1.91 bits per heavy atom. The number of halogens is 1. The lowest BCUT2D eigenvalue weighted by Gasteiger charge is -2.31. The Morgan fingerprint density at radius 3 is 2.59 bits per heavy atom. The van der Waals surface area contributed by atoms with Gasteiger partial charge in [-0.1, -0.05) is 11.8 Å². The van der Waals surface area contributed by atoms with E-state index in [-0.39, 0.29) is 41.6 Å². The van der Waals surface area contributed by atoms with Gasteiger partial charge in [-0.15, -0.1) is 0 Å². The summed E-state index contributed by atoms with van der Waals surface area (Å²) in [6.07, 6.45) is 2.79. The molecule has 2 aliphatic heterocycles. The maximum absolute atomic E-state index is 13.3. The molecular weight excluding hydrogens is 435 g/mol. The number of fused-ring (bicyclic) bond motifs is 2. The topological polar surface area (TPSA) is 116 Å². The van der Waals surface area contributed by atoms with Crippen molar-refractivity contribution in [1.82, 2.24) is 24.2 Å². The molecule has 2 aliphatic rings. The summed E-state index contributed by atoms with van der Waals surface area (Å²) in [6.45, 7) is 0.992. The van der Waals surface area contributed by atoms with E-state index in [4.69, 9.17) is 5.73 Å². The summed E-state index contributed by atoms with van der Waals surface area (Å²) in [7, 11) is 0. The zero-order chi connectivity index (χ0) is 22.4. The number of piperidine rings is 1. The Labute approximate surface area is 186 Å². The minimum Gasteiger partial charge on any atom is -0.369 e. The molecule has 1 atom stereocenters. The van der Waals surface area contributed by atoms with Gasteiger partial charge in [0.15, 0.2) is 10.8 Å². The summed E-state index contributed by atoms with van der Waals surface area (Å²) in [5, 5.41) is 5.16. The van der Waals surface area contributed by atoms with E-state index >= 15 is 0 Å². The first-order valence-electron chi connectivity index (χ1n) is 10.4. The lowest BCUT2D eigenvalue weighted by atomic mass is 9.96. The van der Waals surface area contributed by atoms with Gasteiger partial charge in [0, 0.05) is 31.2 Å². The highest BCUT2D eigenvalue weighted by Crippen LogP contribution is 2.34. The molecule has 3 aromatic rings. The molecule has 1 fully saturated rings. The third kappa shape index (κ3) is 3.56. The number of aromatic nitrogens is 4. The van der Waals surface area contributed by atoms with E-state index in [1.165, 1.54) is 34.8 Å². The Hall–Kier alpha value is -3.21. The van der Waals surface area contributed by atoms with E-state index in [0.717, 1.165) is 0 Å². The molecule has 0 bridgehead atoms. The van der Waals surface area contributed by atoms with Crippen LogP contribution in [0.25, 0.3) is 16.7 Å². The van der Waals surface area contributed by atoms with Crippen molar-refractivity contribution in [2.75, 3.05) is 18.8 Å². The summed E-state index contributed by atoms with van der Waals surface area (Å²) >= 11 is 1.43. The standard InChI is InChI=1S/C21H21FN6O3S/c22-13-1-3-14(4-2-13)28-19-16(10-24-28)20(31)27-15(11-32-21(27)25-19)9-17(29)26-7-5-12(6-8-26)18(23)30/h1-4,10,12,15H,5-9,11H2,(H2,23,30). The number of benzene rings is 1. The largest absolute Gasteiger partial charge is 0.369 e. The zero-order valence-corrected chi connectivity index (χ0v) is 17.9. The molecule has 1 aromatic carbocycles. The average Bonchev–Trinajstić information content (AvgIpc) is 3.39. The molecule has 1 saturated heterocycles. The zero-order valence-electron chi connectivity index (χ0n) is 17.1. The second kappa shape index (κ2) is 8.05. The van der Waals surface area contributed by atoms with Crippen molar-refractivity contribution in [2.45, 2.75) is 30.5 Å². The number of likely N-dealkylation sites (tertiary alicyclic amines) is 1. The highest BCUT2D eigenvalue weighted by atomic mass is 32.2. The molecule has 4 heterocycles. The smallest absolute Gasteiger partial charge is 0.265 e. The number of hydrogen-bond donors (Lipinski definition) is 1. The highest BCUT2D eigenvalue weighted by Gasteiger charge is 2.32. The normalized spacial score (nSPS) is 18.8. The lowest BCUT2D eigenvalue weighted by Crippen LogP contribution is -2.42. The summed E-state index contributed by atoms with van der Waals surface area (Å²) in [5.74, 6) is -0.329. The molecule has 166 valence electrons. The molecule has 2 amide bonds. The Balaban J connectivity index is 1.39. The van der Waals surface area contributed by atoms with Crippen LogP contribution in [0, 0.1) is 11.7 Å². The minimum absolute atomic E-state index is 0.0413. The van der Waals surface area contributed by atoms with Crippen molar-refractivity contribution < 1.29 is 14.0 Å². The van der Waals surface area contributed by atoms with Crippen LogP contribution in [0.4, 0.5) is 4.39 Å². The number of primary amides is 1. The summed E-state index contributed by atoms with van der Waals surface area (Å²) in [5.41, 5.74) is 6.13. The quantitative estimate of drug-likeness (QED) is 0.595. The Kier molecular flexibility index (Phi) is 5.20. The van der Waals surface area contributed by atoms with Gasteiger partial charge in [0.05, 0.1) is 17.9 Å². The van der Waals surface area contributed by atoms with Crippen molar-refractivity contribution in [2.24, 2.45) is 11.7 Å². The third-order valence-corrected chi connectivity index (χ3v) is 7.20. The molecule has 5 rings (SSSR count). The van der Waals surface area contributed by atoms with Crippen molar-refractivity contribution in [1.29, 1.82) is 0 Å². The lowest BCUT2D eigenvalue weighted by molar-refractivity contribution is -0.135. The Morgan fingerprint density at radius 1 is 1.19 bits per heavy atom. The Bertz CT molecular complexity index is 1260. The van der Waals surface area contributed by atoms with Crippen LogP contribution in [0.2, 0.25) is 0 Å². The molecule has 0 aliphatic carbocycles. The first-order valence-corrected chi connectivity index (χ1v) is 11.4. The van der Waals surface area contributed by atoms with Crippen LogP contribution in [-0.4, -0.2) is 54.9 Å². The van der Waals surface area contributed by atoms with Gasteiger partial charge < -0.3 is 10.6 Å². The molecule has 11 heteroatoms. The fourth-order valence-corrected chi connectivity index (χ4v) is 5.43. The number of nitrogens with zero attached hydrogens (tertiary/aromatic N) is 5. The van der Waals surface area contributed by atoms with Crippen molar-refractivity contribution in [3.63, 3.8) is 0 Å².